The van der Waals surface area contributed by atoms with Crippen molar-refractivity contribution in [3.63, 3.8) is 0 Å². The number of aliphatic hydroxyl groups is 2. The lowest BCUT2D eigenvalue weighted by molar-refractivity contribution is -0.116. The number of rotatable bonds is 0. The van der Waals surface area contributed by atoms with E-state index >= 15 is 0 Å². The maximum atomic E-state index is 11.0. The molecular weight excluding hydrogens is 284 g/mol. The van der Waals surface area contributed by atoms with Gasteiger partial charge in [0, 0.05) is 11.8 Å². The average molecular weight is 314 g/mol. The molecule has 0 aromatic heterocycles. The van der Waals surface area contributed by atoms with Crippen molar-refractivity contribution >= 4 is 0 Å². The standard InChI is InChI=1S/C21H30O2/c1-4-21(23)12-10-18-16-8-6-14-5-7-15(22)13-19(14,2)17(16)9-11-20(18,21)3/h1,13-14,16-18,22-23H,5-12H2,2-3H3/t14?,16-,17-,18+,19+,20+,21?/m1/s1. The molecule has 0 spiro atoms. The van der Waals surface area contributed by atoms with E-state index in [0.717, 1.165) is 44.4 Å². The largest absolute Gasteiger partial charge is 0.513 e. The summed E-state index contributed by atoms with van der Waals surface area (Å²) in [5, 5.41) is 21.2. The van der Waals surface area contributed by atoms with Crippen LogP contribution in [-0.2, 0) is 0 Å². The Morgan fingerprint density at radius 3 is 2.57 bits per heavy atom. The van der Waals surface area contributed by atoms with E-state index in [0.29, 0.717) is 23.5 Å². The van der Waals surface area contributed by atoms with Crippen LogP contribution in [0.3, 0.4) is 0 Å². The van der Waals surface area contributed by atoms with Crippen LogP contribution in [0.2, 0.25) is 0 Å². The zero-order valence-corrected chi connectivity index (χ0v) is 14.5. The molecule has 0 amide bonds. The van der Waals surface area contributed by atoms with Crippen molar-refractivity contribution in [3.05, 3.63) is 11.8 Å². The zero-order valence-electron chi connectivity index (χ0n) is 14.5. The van der Waals surface area contributed by atoms with Crippen LogP contribution >= 0.6 is 0 Å². The van der Waals surface area contributed by atoms with Crippen molar-refractivity contribution in [2.24, 2.45) is 34.5 Å². The summed E-state index contributed by atoms with van der Waals surface area (Å²) < 4.78 is 0. The molecule has 3 saturated carbocycles. The molecule has 2 N–H and O–H groups in total. The molecule has 7 atom stereocenters. The average Bonchev–Trinajstić information content (AvgIpc) is 2.79. The van der Waals surface area contributed by atoms with Gasteiger partial charge in [-0.05, 0) is 80.1 Å². The highest BCUT2D eigenvalue weighted by molar-refractivity contribution is 5.25. The third-order valence-electron chi connectivity index (χ3n) is 8.58. The summed E-state index contributed by atoms with van der Waals surface area (Å²) >= 11 is 0. The fourth-order valence-corrected chi connectivity index (χ4v) is 7.16. The molecule has 0 aromatic carbocycles. The van der Waals surface area contributed by atoms with Gasteiger partial charge in [0.25, 0.3) is 0 Å². The SMILES string of the molecule is C#CC1(O)CC[C@H]2[C@@H]3CCC4CCC(O)=C[C@]4(C)[C@@H]3CC[C@@]21C. The van der Waals surface area contributed by atoms with E-state index in [1.807, 2.05) is 0 Å². The van der Waals surface area contributed by atoms with Crippen molar-refractivity contribution < 1.29 is 10.2 Å². The molecule has 0 bridgehead atoms. The number of aliphatic hydroxyl groups excluding tert-OH is 1. The first-order valence-electron chi connectivity index (χ1n) is 9.45. The molecule has 126 valence electrons. The first-order chi connectivity index (χ1) is 10.8. The van der Waals surface area contributed by atoms with Crippen LogP contribution in [-0.4, -0.2) is 15.8 Å². The van der Waals surface area contributed by atoms with Crippen molar-refractivity contribution in [1.82, 2.24) is 0 Å². The second-order valence-electron chi connectivity index (χ2n) is 9.19. The van der Waals surface area contributed by atoms with Crippen LogP contribution in [0.25, 0.3) is 0 Å². The van der Waals surface area contributed by atoms with E-state index in [1.165, 1.54) is 12.8 Å². The van der Waals surface area contributed by atoms with Gasteiger partial charge in [-0.15, -0.1) is 6.42 Å². The van der Waals surface area contributed by atoms with Gasteiger partial charge >= 0.3 is 0 Å². The summed E-state index contributed by atoms with van der Waals surface area (Å²) in [4.78, 5) is 0. The Hall–Kier alpha value is -0.940. The van der Waals surface area contributed by atoms with Crippen LogP contribution in [0.15, 0.2) is 11.8 Å². The summed E-state index contributed by atoms with van der Waals surface area (Å²) in [5.41, 5.74) is -0.888. The molecule has 3 fully saturated rings. The fourth-order valence-electron chi connectivity index (χ4n) is 7.16. The molecule has 2 nitrogen and oxygen atoms in total. The number of hydrogen-bond donors (Lipinski definition) is 2. The highest BCUT2D eigenvalue weighted by atomic mass is 16.3. The van der Waals surface area contributed by atoms with E-state index in [4.69, 9.17) is 6.42 Å². The first kappa shape index (κ1) is 15.6. The number of hydrogen-bond acceptors (Lipinski definition) is 2. The Balaban J connectivity index is 1.71. The lowest BCUT2D eigenvalue weighted by Gasteiger charge is -2.59. The van der Waals surface area contributed by atoms with E-state index in [9.17, 15) is 10.2 Å². The molecule has 0 heterocycles. The lowest BCUT2D eigenvalue weighted by Crippen LogP contribution is -2.55. The van der Waals surface area contributed by atoms with Gasteiger partial charge in [-0.3, -0.25) is 0 Å². The van der Waals surface area contributed by atoms with Crippen LogP contribution in [0, 0.1) is 46.8 Å². The molecule has 2 unspecified atom stereocenters. The molecule has 2 heteroatoms. The Bertz CT molecular complexity index is 587. The minimum Gasteiger partial charge on any atom is -0.513 e. The predicted octanol–water partition coefficient (Wildman–Crippen LogP) is 4.45. The van der Waals surface area contributed by atoms with E-state index in [-0.39, 0.29) is 10.8 Å². The van der Waals surface area contributed by atoms with E-state index < -0.39 is 5.60 Å². The number of terminal acetylenes is 1. The van der Waals surface area contributed by atoms with Gasteiger partial charge in [-0.2, -0.15) is 0 Å². The molecule has 23 heavy (non-hydrogen) atoms. The molecule has 0 aromatic rings. The smallest absolute Gasteiger partial charge is 0.130 e. The molecule has 4 aliphatic rings. The van der Waals surface area contributed by atoms with Crippen molar-refractivity contribution in [2.45, 2.75) is 70.8 Å². The van der Waals surface area contributed by atoms with Gasteiger partial charge in [0.1, 0.15) is 5.60 Å². The normalized spacial score (nSPS) is 55.1. The molecule has 0 saturated heterocycles. The Labute approximate surface area is 140 Å². The van der Waals surface area contributed by atoms with E-state index in [1.54, 1.807) is 0 Å². The number of allylic oxidation sites excluding steroid dienone is 2. The third-order valence-corrected chi connectivity index (χ3v) is 8.58. The zero-order chi connectivity index (χ0) is 16.5. The monoisotopic (exact) mass is 314 g/mol. The maximum Gasteiger partial charge on any atom is 0.130 e. The summed E-state index contributed by atoms with van der Waals surface area (Å²) in [7, 11) is 0. The third kappa shape index (κ3) is 1.86. The topological polar surface area (TPSA) is 40.5 Å². The van der Waals surface area contributed by atoms with Gasteiger partial charge in [0.2, 0.25) is 0 Å². The van der Waals surface area contributed by atoms with E-state index in [2.05, 4.69) is 25.8 Å². The van der Waals surface area contributed by atoms with Crippen LogP contribution in [0.5, 0.6) is 0 Å². The minimum absolute atomic E-state index is 0.119. The molecule has 4 rings (SSSR count). The van der Waals surface area contributed by atoms with Crippen LogP contribution < -0.4 is 0 Å². The lowest BCUT2D eigenvalue weighted by atomic mass is 9.45. The summed E-state index contributed by atoms with van der Waals surface area (Å²) in [6.45, 7) is 4.62. The molecule has 4 aliphatic carbocycles. The van der Waals surface area contributed by atoms with Gasteiger partial charge in [-0.25, -0.2) is 0 Å². The van der Waals surface area contributed by atoms with Crippen molar-refractivity contribution in [3.8, 4) is 12.3 Å². The van der Waals surface area contributed by atoms with Gasteiger partial charge < -0.3 is 10.2 Å². The second-order valence-corrected chi connectivity index (χ2v) is 9.19. The van der Waals surface area contributed by atoms with Gasteiger partial charge in [-0.1, -0.05) is 19.8 Å². The summed E-state index contributed by atoms with van der Waals surface area (Å²) in [6, 6.07) is 0. The van der Waals surface area contributed by atoms with Crippen LogP contribution in [0.1, 0.15) is 65.2 Å². The van der Waals surface area contributed by atoms with Crippen LogP contribution in [0.4, 0.5) is 0 Å². The minimum atomic E-state index is -0.912. The second kappa shape index (κ2) is 4.79. The Kier molecular flexibility index (Phi) is 3.24. The van der Waals surface area contributed by atoms with Crippen molar-refractivity contribution in [2.75, 3.05) is 0 Å². The highest BCUT2D eigenvalue weighted by Crippen LogP contribution is 2.67. The summed E-state index contributed by atoms with van der Waals surface area (Å²) in [5.74, 6) is 5.90. The fraction of sp³-hybridized carbons (Fsp3) is 0.810. The quantitative estimate of drug-likeness (QED) is 0.649. The molecular formula is C21H30O2. The maximum absolute atomic E-state index is 11.0. The predicted molar refractivity (Wildman–Crippen MR) is 91.6 cm³/mol. The molecule has 0 aliphatic heterocycles. The first-order valence-corrected chi connectivity index (χ1v) is 9.45. The van der Waals surface area contributed by atoms with Crippen molar-refractivity contribution in [1.29, 1.82) is 0 Å². The summed E-state index contributed by atoms with van der Waals surface area (Å²) in [6.07, 6.45) is 16.5. The Morgan fingerprint density at radius 1 is 1.09 bits per heavy atom. The highest BCUT2D eigenvalue weighted by Gasteiger charge is 2.63. The van der Waals surface area contributed by atoms with Gasteiger partial charge in [0.15, 0.2) is 0 Å². The number of fused-ring (bicyclic) bond motifs is 5. The van der Waals surface area contributed by atoms with Gasteiger partial charge in [0.05, 0.1) is 5.76 Å². The Morgan fingerprint density at radius 2 is 1.83 bits per heavy atom. The molecule has 0 radical (unpaired) electrons.